The molecular weight excluding hydrogens is 373 g/mol. The molecule has 1 aromatic carbocycles. The van der Waals surface area contributed by atoms with Gasteiger partial charge in [-0.05, 0) is 50.6 Å². The second-order valence-corrected chi connectivity index (χ2v) is 8.41. The Kier molecular flexibility index (Phi) is 5.64. The van der Waals surface area contributed by atoms with E-state index < -0.39 is 0 Å². The fourth-order valence-electron chi connectivity index (χ4n) is 3.66. The van der Waals surface area contributed by atoms with Crippen LogP contribution in [0, 0.1) is 12.7 Å². The number of anilines is 1. The van der Waals surface area contributed by atoms with Crippen molar-refractivity contribution in [2.24, 2.45) is 0 Å². The Morgan fingerprint density at radius 3 is 2.71 bits per heavy atom. The van der Waals surface area contributed by atoms with E-state index >= 15 is 0 Å². The largest absolute Gasteiger partial charge is 0.373 e. The lowest BCUT2D eigenvalue weighted by Crippen LogP contribution is -2.32. The summed E-state index contributed by atoms with van der Waals surface area (Å²) in [6.45, 7) is 4.75. The maximum absolute atomic E-state index is 13.4. The van der Waals surface area contributed by atoms with E-state index in [0.29, 0.717) is 5.92 Å². The summed E-state index contributed by atoms with van der Waals surface area (Å²) in [5, 5.41) is 4.17. The van der Waals surface area contributed by atoms with Crippen molar-refractivity contribution in [3.05, 3.63) is 58.6 Å². The highest BCUT2D eigenvalue weighted by atomic mass is 32.1. The first kappa shape index (κ1) is 19.0. The minimum absolute atomic E-state index is 0.168. The number of thiazole rings is 1. The molecule has 0 amide bonds. The topological polar surface area (TPSA) is 53.9 Å². The second kappa shape index (κ2) is 8.32. The molecule has 0 unspecified atom stereocenters. The van der Waals surface area contributed by atoms with Crippen LogP contribution in [0.5, 0.6) is 0 Å². The van der Waals surface area contributed by atoms with Gasteiger partial charge in [-0.15, -0.1) is 11.3 Å². The summed E-state index contributed by atoms with van der Waals surface area (Å²) in [4.78, 5) is 17.2. The molecule has 2 aromatic heterocycles. The van der Waals surface area contributed by atoms with Crippen molar-refractivity contribution >= 4 is 17.2 Å². The standard InChI is InChI=1S/C21H24FN5S/c1-14-24-12-19(28-14)21-25-18(11-20(23-2)26-21)16-6-8-27(9-7-16)13-15-4-3-5-17(22)10-15/h3-5,10-12,16H,6-9,13H2,1-2H3,(H,23,25,26). The Hall–Kier alpha value is -2.38. The Bertz CT molecular complexity index is 949. The first-order valence-corrected chi connectivity index (χ1v) is 10.4. The van der Waals surface area contributed by atoms with E-state index in [1.807, 2.05) is 26.2 Å². The number of rotatable bonds is 5. The molecule has 1 N–H and O–H groups in total. The maximum Gasteiger partial charge on any atom is 0.173 e. The number of aryl methyl sites for hydroxylation is 1. The zero-order valence-electron chi connectivity index (χ0n) is 16.2. The third-order valence-corrected chi connectivity index (χ3v) is 6.05. The summed E-state index contributed by atoms with van der Waals surface area (Å²) in [5.41, 5.74) is 2.12. The number of piperidine rings is 1. The molecule has 1 fully saturated rings. The lowest BCUT2D eigenvalue weighted by molar-refractivity contribution is 0.203. The molecule has 0 radical (unpaired) electrons. The van der Waals surface area contributed by atoms with Crippen LogP contribution < -0.4 is 5.32 Å². The van der Waals surface area contributed by atoms with E-state index in [2.05, 4.69) is 26.3 Å². The fraction of sp³-hybridized carbons (Fsp3) is 0.381. The highest BCUT2D eigenvalue weighted by molar-refractivity contribution is 7.14. The average molecular weight is 398 g/mol. The van der Waals surface area contributed by atoms with Gasteiger partial charge in [-0.2, -0.15) is 0 Å². The van der Waals surface area contributed by atoms with E-state index in [1.54, 1.807) is 23.5 Å². The molecule has 0 spiro atoms. The molecule has 3 heterocycles. The lowest BCUT2D eigenvalue weighted by atomic mass is 9.93. The maximum atomic E-state index is 13.4. The quantitative estimate of drug-likeness (QED) is 0.688. The number of hydrogen-bond acceptors (Lipinski definition) is 6. The van der Waals surface area contributed by atoms with Crippen molar-refractivity contribution in [3.8, 4) is 10.7 Å². The molecule has 1 saturated heterocycles. The summed E-state index contributed by atoms with van der Waals surface area (Å²) in [5.74, 6) is 1.83. The van der Waals surface area contributed by atoms with E-state index in [9.17, 15) is 4.39 Å². The van der Waals surface area contributed by atoms with Gasteiger partial charge < -0.3 is 5.32 Å². The molecule has 0 saturated carbocycles. The van der Waals surface area contributed by atoms with Gasteiger partial charge in [-0.1, -0.05) is 12.1 Å². The number of halogens is 1. The lowest BCUT2D eigenvalue weighted by Gasteiger charge is -2.31. The first-order chi connectivity index (χ1) is 13.6. The van der Waals surface area contributed by atoms with Crippen LogP contribution in [-0.2, 0) is 6.54 Å². The van der Waals surface area contributed by atoms with Crippen molar-refractivity contribution in [3.63, 3.8) is 0 Å². The second-order valence-electron chi connectivity index (χ2n) is 7.18. The van der Waals surface area contributed by atoms with Crippen LogP contribution in [0.4, 0.5) is 10.2 Å². The number of nitrogens with zero attached hydrogens (tertiary/aromatic N) is 4. The molecule has 0 atom stereocenters. The number of benzene rings is 1. The molecule has 1 aliphatic rings. The van der Waals surface area contributed by atoms with Crippen LogP contribution in [0.15, 0.2) is 36.5 Å². The van der Waals surface area contributed by atoms with Crippen molar-refractivity contribution < 1.29 is 4.39 Å². The zero-order chi connectivity index (χ0) is 19.5. The van der Waals surface area contributed by atoms with Gasteiger partial charge in [0, 0.05) is 37.5 Å². The minimum atomic E-state index is -0.168. The smallest absolute Gasteiger partial charge is 0.173 e. The fourth-order valence-corrected chi connectivity index (χ4v) is 4.37. The molecular formula is C21H24FN5S. The zero-order valence-corrected chi connectivity index (χ0v) is 17.0. The molecule has 7 heteroatoms. The summed E-state index contributed by atoms with van der Waals surface area (Å²) < 4.78 is 13.4. The van der Waals surface area contributed by atoms with Crippen LogP contribution in [0.3, 0.4) is 0 Å². The monoisotopic (exact) mass is 397 g/mol. The Morgan fingerprint density at radius 1 is 1.21 bits per heavy atom. The summed E-state index contributed by atoms with van der Waals surface area (Å²) in [6.07, 6.45) is 3.92. The molecule has 146 valence electrons. The van der Waals surface area contributed by atoms with Crippen LogP contribution >= 0.6 is 11.3 Å². The van der Waals surface area contributed by atoms with E-state index in [-0.39, 0.29) is 5.82 Å². The van der Waals surface area contributed by atoms with Gasteiger partial charge in [-0.25, -0.2) is 19.3 Å². The van der Waals surface area contributed by atoms with Crippen LogP contribution in [0.1, 0.15) is 35.0 Å². The molecule has 0 bridgehead atoms. The average Bonchev–Trinajstić information content (AvgIpc) is 3.15. The number of likely N-dealkylation sites (tertiary alicyclic amines) is 1. The van der Waals surface area contributed by atoms with Gasteiger partial charge in [0.2, 0.25) is 0 Å². The van der Waals surface area contributed by atoms with Crippen molar-refractivity contribution in [2.45, 2.75) is 32.2 Å². The third kappa shape index (κ3) is 4.36. The Balaban J connectivity index is 1.46. The Labute approximate surface area is 168 Å². The van der Waals surface area contributed by atoms with Crippen LogP contribution in [0.25, 0.3) is 10.7 Å². The van der Waals surface area contributed by atoms with Gasteiger partial charge >= 0.3 is 0 Å². The van der Waals surface area contributed by atoms with Crippen molar-refractivity contribution in [1.29, 1.82) is 0 Å². The number of hydrogen-bond donors (Lipinski definition) is 1. The van der Waals surface area contributed by atoms with Gasteiger partial charge in [0.05, 0.1) is 9.88 Å². The number of nitrogens with one attached hydrogen (secondary N) is 1. The first-order valence-electron chi connectivity index (χ1n) is 9.57. The highest BCUT2D eigenvalue weighted by Crippen LogP contribution is 2.31. The third-order valence-electron chi connectivity index (χ3n) is 5.14. The van der Waals surface area contributed by atoms with Crippen molar-refractivity contribution in [1.82, 2.24) is 19.9 Å². The van der Waals surface area contributed by atoms with E-state index in [0.717, 1.165) is 65.3 Å². The van der Waals surface area contributed by atoms with Crippen molar-refractivity contribution in [2.75, 3.05) is 25.5 Å². The predicted molar refractivity (Wildman–Crippen MR) is 111 cm³/mol. The predicted octanol–water partition coefficient (Wildman–Crippen LogP) is 4.47. The molecule has 28 heavy (non-hydrogen) atoms. The van der Waals surface area contributed by atoms with Gasteiger partial charge in [0.1, 0.15) is 11.6 Å². The molecule has 3 aromatic rings. The van der Waals surface area contributed by atoms with E-state index in [4.69, 9.17) is 4.98 Å². The SMILES string of the molecule is CNc1cc(C2CCN(Cc3cccc(F)c3)CC2)nc(-c2cnc(C)s2)n1. The highest BCUT2D eigenvalue weighted by Gasteiger charge is 2.23. The normalized spacial score (nSPS) is 15.7. The summed E-state index contributed by atoms with van der Waals surface area (Å²) in [6, 6.07) is 8.94. The van der Waals surface area contributed by atoms with Gasteiger partial charge in [0.15, 0.2) is 5.82 Å². The molecule has 0 aliphatic carbocycles. The summed E-state index contributed by atoms with van der Waals surface area (Å²) >= 11 is 1.62. The van der Waals surface area contributed by atoms with E-state index in [1.165, 1.54) is 6.07 Å². The van der Waals surface area contributed by atoms with Crippen LogP contribution in [0.2, 0.25) is 0 Å². The molecule has 1 aliphatic heterocycles. The van der Waals surface area contributed by atoms with Crippen LogP contribution in [-0.4, -0.2) is 40.0 Å². The minimum Gasteiger partial charge on any atom is -0.373 e. The molecule has 5 nitrogen and oxygen atoms in total. The summed E-state index contributed by atoms with van der Waals surface area (Å²) in [7, 11) is 1.88. The van der Waals surface area contributed by atoms with Gasteiger partial charge in [-0.3, -0.25) is 4.90 Å². The molecule has 4 rings (SSSR count). The Morgan fingerprint density at radius 2 is 2.04 bits per heavy atom. The van der Waals surface area contributed by atoms with Gasteiger partial charge in [0.25, 0.3) is 0 Å². The number of aromatic nitrogens is 3.